The van der Waals surface area contributed by atoms with Gasteiger partial charge in [-0.15, -0.1) is 0 Å². The number of hydrogen-bond acceptors (Lipinski definition) is 10. The fourth-order valence-corrected chi connectivity index (χ4v) is 2.98. The number of rotatable bonds is 8. The average Bonchev–Trinajstić information content (AvgIpc) is 2.68. The number of halogens is 2. The molecule has 0 saturated carbocycles. The van der Waals surface area contributed by atoms with Gasteiger partial charge in [-0.05, 0) is 19.9 Å². The summed E-state index contributed by atoms with van der Waals surface area (Å²) in [4.78, 5) is 47.6. The van der Waals surface area contributed by atoms with Gasteiger partial charge in [0.1, 0.15) is 11.4 Å². The summed E-state index contributed by atoms with van der Waals surface area (Å²) in [6, 6.07) is 1.41. The first-order valence-electron chi connectivity index (χ1n) is 8.45. The number of nitrogens with one attached hydrogen (secondary N) is 1. The van der Waals surface area contributed by atoms with E-state index in [0.29, 0.717) is 5.02 Å². The minimum atomic E-state index is -1.11. The second-order valence-corrected chi connectivity index (χ2v) is 7.35. The second-order valence-electron chi connectivity index (χ2n) is 5.57. The van der Waals surface area contributed by atoms with Crippen LogP contribution in [0, 0.1) is 0 Å². The Kier molecular flexibility index (Phi) is 8.63. The van der Waals surface area contributed by atoms with Gasteiger partial charge in [0.2, 0.25) is 0 Å². The number of carbonyl (C=O) groups is 3. The number of anilines is 2. The van der Waals surface area contributed by atoms with Crippen LogP contribution in [0.3, 0.4) is 0 Å². The number of thioether (sulfide) groups is 1. The lowest BCUT2D eigenvalue weighted by Gasteiger charge is -2.13. The van der Waals surface area contributed by atoms with Crippen molar-refractivity contribution < 1.29 is 23.9 Å². The summed E-state index contributed by atoms with van der Waals surface area (Å²) in [6.45, 7) is 3.24. The standard InChI is InChI=1S/C17H17Cl2N5O5S/c1-3-28-16(27)10-6-22-17(23-13(10)20)30-7-12(25)29-8(2)15(26)24-14-11(19)4-9(18)5-21-14/h4-6,8H,3,7H2,1-2H3,(H2,20,22,23)(H,21,24,26)/t8-/m1/s1. The third kappa shape index (κ3) is 6.71. The van der Waals surface area contributed by atoms with E-state index < -0.39 is 23.9 Å². The van der Waals surface area contributed by atoms with Gasteiger partial charge >= 0.3 is 11.9 Å². The molecule has 0 aromatic carbocycles. The minimum Gasteiger partial charge on any atom is -0.462 e. The number of aromatic nitrogens is 3. The van der Waals surface area contributed by atoms with Gasteiger partial charge in [0.05, 0.1) is 22.4 Å². The summed E-state index contributed by atoms with van der Waals surface area (Å²) in [5.74, 6) is -2.11. The van der Waals surface area contributed by atoms with Crippen LogP contribution < -0.4 is 11.1 Å². The quantitative estimate of drug-likeness (QED) is 0.332. The van der Waals surface area contributed by atoms with E-state index in [2.05, 4.69) is 20.3 Å². The van der Waals surface area contributed by atoms with Crippen molar-refractivity contribution in [2.24, 2.45) is 0 Å². The Bertz CT molecular complexity index is 962. The topological polar surface area (TPSA) is 146 Å². The summed E-state index contributed by atoms with van der Waals surface area (Å²) >= 11 is 12.6. The number of nitrogens with two attached hydrogens (primary N) is 1. The average molecular weight is 474 g/mol. The molecule has 2 aromatic rings. The van der Waals surface area contributed by atoms with Crippen molar-refractivity contribution in [1.29, 1.82) is 0 Å². The third-order valence-corrected chi connectivity index (χ3v) is 4.67. The van der Waals surface area contributed by atoms with E-state index in [-0.39, 0.29) is 39.7 Å². The number of ether oxygens (including phenoxy) is 2. The van der Waals surface area contributed by atoms with Crippen LogP contribution in [0.2, 0.25) is 10.0 Å². The molecule has 160 valence electrons. The first-order valence-corrected chi connectivity index (χ1v) is 10.2. The normalized spacial score (nSPS) is 11.5. The number of pyridine rings is 1. The SMILES string of the molecule is CCOC(=O)c1cnc(SCC(=O)O[C@H](C)C(=O)Nc2ncc(Cl)cc2Cl)nc1N. The molecule has 0 aliphatic rings. The third-order valence-electron chi connectivity index (χ3n) is 3.34. The van der Waals surface area contributed by atoms with Gasteiger partial charge in [0.15, 0.2) is 17.1 Å². The van der Waals surface area contributed by atoms with Crippen LogP contribution in [-0.4, -0.2) is 51.3 Å². The number of esters is 2. The Morgan fingerprint density at radius 1 is 1.27 bits per heavy atom. The van der Waals surface area contributed by atoms with Crippen molar-refractivity contribution in [3.63, 3.8) is 0 Å². The molecule has 2 aromatic heterocycles. The Morgan fingerprint density at radius 3 is 2.63 bits per heavy atom. The van der Waals surface area contributed by atoms with Crippen LogP contribution in [-0.2, 0) is 19.1 Å². The van der Waals surface area contributed by atoms with Gasteiger partial charge in [0, 0.05) is 12.4 Å². The van der Waals surface area contributed by atoms with Gasteiger partial charge in [-0.2, -0.15) is 0 Å². The molecule has 13 heteroatoms. The monoisotopic (exact) mass is 473 g/mol. The van der Waals surface area contributed by atoms with Crippen LogP contribution >= 0.6 is 35.0 Å². The molecule has 1 atom stereocenters. The minimum absolute atomic E-state index is 0.0311. The zero-order chi connectivity index (χ0) is 22.3. The fourth-order valence-electron chi connectivity index (χ4n) is 1.95. The van der Waals surface area contributed by atoms with Crippen molar-refractivity contribution >= 4 is 64.4 Å². The smallest absolute Gasteiger partial charge is 0.343 e. The summed E-state index contributed by atoms with van der Waals surface area (Å²) in [7, 11) is 0. The highest BCUT2D eigenvalue weighted by molar-refractivity contribution is 7.99. The lowest BCUT2D eigenvalue weighted by molar-refractivity contribution is -0.150. The lowest BCUT2D eigenvalue weighted by Crippen LogP contribution is -2.31. The Hall–Kier alpha value is -2.63. The van der Waals surface area contributed by atoms with Crippen LogP contribution in [0.25, 0.3) is 0 Å². The fraction of sp³-hybridized carbons (Fsp3) is 0.294. The van der Waals surface area contributed by atoms with E-state index in [0.717, 1.165) is 11.8 Å². The van der Waals surface area contributed by atoms with E-state index in [4.69, 9.17) is 38.4 Å². The van der Waals surface area contributed by atoms with Crippen LogP contribution in [0.1, 0.15) is 24.2 Å². The van der Waals surface area contributed by atoms with E-state index in [1.165, 1.54) is 25.4 Å². The maximum Gasteiger partial charge on any atom is 0.343 e. The summed E-state index contributed by atoms with van der Waals surface area (Å²) in [5, 5.41) is 3.06. The number of amides is 1. The molecule has 1 amide bonds. The molecule has 0 saturated heterocycles. The van der Waals surface area contributed by atoms with Crippen molar-refractivity contribution in [2.45, 2.75) is 25.1 Å². The second kappa shape index (κ2) is 11.0. The molecule has 3 N–H and O–H groups in total. The first kappa shape index (κ1) is 23.6. The summed E-state index contributed by atoms with van der Waals surface area (Å²) in [5.41, 5.74) is 5.75. The molecular formula is C17H17Cl2N5O5S. The van der Waals surface area contributed by atoms with Gasteiger partial charge in [0.25, 0.3) is 5.91 Å². The predicted octanol–water partition coefficient (Wildman–Crippen LogP) is 2.60. The maximum absolute atomic E-state index is 12.1. The predicted molar refractivity (Wildman–Crippen MR) is 112 cm³/mol. The number of nitrogen functional groups attached to an aromatic ring is 1. The molecule has 2 rings (SSSR count). The maximum atomic E-state index is 12.1. The molecule has 0 aliphatic carbocycles. The van der Waals surface area contributed by atoms with Gasteiger partial charge in [-0.25, -0.2) is 19.7 Å². The molecule has 0 spiro atoms. The van der Waals surface area contributed by atoms with E-state index in [1.807, 2.05) is 0 Å². The molecule has 0 radical (unpaired) electrons. The Balaban J connectivity index is 1.87. The molecule has 30 heavy (non-hydrogen) atoms. The number of hydrogen-bond donors (Lipinski definition) is 2. The molecule has 0 fully saturated rings. The molecule has 2 heterocycles. The molecular weight excluding hydrogens is 457 g/mol. The van der Waals surface area contributed by atoms with E-state index >= 15 is 0 Å². The first-order chi connectivity index (χ1) is 14.2. The Labute approximate surface area is 185 Å². The largest absolute Gasteiger partial charge is 0.462 e. The molecule has 0 bridgehead atoms. The zero-order valence-corrected chi connectivity index (χ0v) is 18.2. The number of nitrogens with zero attached hydrogens (tertiary/aromatic N) is 3. The van der Waals surface area contributed by atoms with Crippen molar-refractivity contribution in [2.75, 3.05) is 23.4 Å². The van der Waals surface area contributed by atoms with Crippen LogP contribution in [0.5, 0.6) is 0 Å². The van der Waals surface area contributed by atoms with Gasteiger partial charge in [-0.1, -0.05) is 35.0 Å². The van der Waals surface area contributed by atoms with Crippen molar-refractivity contribution in [3.05, 3.63) is 34.1 Å². The Morgan fingerprint density at radius 2 is 2.00 bits per heavy atom. The van der Waals surface area contributed by atoms with Gasteiger partial charge < -0.3 is 20.5 Å². The highest BCUT2D eigenvalue weighted by atomic mass is 35.5. The lowest BCUT2D eigenvalue weighted by atomic mass is 10.3. The number of carbonyl (C=O) groups excluding carboxylic acids is 3. The van der Waals surface area contributed by atoms with Crippen molar-refractivity contribution in [1.82, 2.24) is 15.0 Å². The molecule has 10 nitrogen and oxygen atoms in total. The zero-order valence-electron chi connectivity index (χ0n) is 15.8. The van der Waals surface area contributed by atoms with Gasteiger partial charge in [-0.3, -0.25) is 9.59 Å². The van der Waals surface area contributed by atoms with Crippen LogP contribution in [0.4, 0.5) is 11.6 Å². The summed E-state index contributed by atoms with van der Waals surface area (Å²) < 4.78 is 9.90. The summed E-state index contributed by atoms with van der Waals surface area (Å²) in [6.07, 6.45) is 1.42. The molecule has 0 unspecified atom stereocenters. The highest BCUT2D eigenvalue weighted by Gasteiger charge is 2.20. The van der Waals surface area contributed by atoms with E-state index in [1.54, 1.807) is 6.92 Å². The van der Waals surface area contributed by atoms with Crippen LogP contribution in [0.15, 0.2) is 23.6 Å². The molecule has 0 aliphatic heterocycles. The van der Waals surface area contributed by atoms with Crippen molar-refractivity contribution in [3.8, 4) is 0 Å². The highest BCUT2D eigenvalue weighted by Crippen LogP contribution is 2.23. The van der Waals surface area contributed by atoms with E-state index in [9.17, 15) is 14.4 Å².